The molecule has 2 amide bonds. The van der Waals surface area contributed by atoms with E-state index in [1.807, 2.05) is 82.6 Å². The number of allylic oxidation sites excluding steroid dienone is 2. The number of rotatable bonds is 9. The molecule has 0 aromatic heterocycles. The van der Waals surface area contributed by atoms with E-state index >= 15 is 0 Å². The molecule has 0 N–H and O–H groups in total. The number of likely N-dealkylation sites (tertiary alicyclic amines) is 2. The molecule has 2 saturated heterocycles. The van der Waals surface area contributed by atoms with Crippen molar-refractivity contribution >= 4 is 17.8 Å². The fraction of sp³-hybridized carbons (Fsp3) is 0.457. The first-order valence-corrected chi connectivity index (χ1v) is 14.7. The SMILES string of the molecule is C=CC[C@]1(C)CCCN(C(=O)c2ccccc2)C1.C=CC[C@]1(CCC(=O)OC)CCCN(C(=O)c2ccccc2)C1. The molecular weight excluding hydrogens is 512 g/mol. The minimum absolute atomic E-state index is 0.0665. The summed E-state index contributed by atoms with van der Waals surface area (Å²) < 4.78 is 4.76. The molecule has 220 valence electrons. The summed E-state index contributed by atoms with van der Waals surface area (Å²) in [5.74, 6) is 0.0299. The van der Waals surface area contributed by atoms with Crippen LogP contribution in [0.2, 0.25) is 0 Å². The van der Waals surface area contributed by atoms with Gasteiger partial charge in [-0.25, -0.2) is 0 Å². The van der Waals surface area contributed by atoms with Crippen LogP contribution in [0.25, 0.3) is 0 Å². The van der Waals surface area contributed by atoms with E-state index in [9.17, 15) is 14.4 Å². The predicted octanol–water partition coefficient (Wildman–Crippen LogP) is 6.94. The second-order valence-corrected chi connectivity index (χ2v) is 11.8. The molecule has 0 unspecified atom stereocenters. The van der Waals surface area contributed by atoms with Crippen LogP contribution in [0.5, 0.6) is 0 Å². The van der Waals surface area contributed by atoms with Gasteiger partial charge < -0.3 is 14.5 Å². The summed E-state index contributed by atoms with van der Waals surface area (Å²) >= 11 is 0. The van der Waals surface area contributed by atoms with Gasteiger partial charge in [-0.2, -0.15) is 0 Å². The molecule has 2 aromatic carbocycles. The Labute approximate surface area is 246 Å². The van der Waals surface area contributed by atoms with E-state index in [0.29, 0.717) is 13.0 Å². The third kappa shape index (κ3) is 9.17. The smallest absolute Gasteiger partial charge is 0.305 e. The molecule has 0 spiro atoms. The lowest BCUT2D eigenvalue weighted by Crippen LogP contribution is -2.46. The number of hydrogen-bond acceptors (Lipinski definition) is 4. The molecule has 41 heavy (non-hydrogen) atoms. The molecule has 6 heteroatoms. The van der Waals surface area contributed by atoms with Gasteiger partial charge in [0.25, 0.3) is 11.8 Å². The van der Waals surface area contributed by atoms with Crippen molar-refractivity contribution in [3.63, 3.8) is 0 Å². The Balaban J connectivity index is 0.000000232. The van der Waals surface area contributed by atoms with Crippen molar-refractivity contribution in [2.24, 2.45) is 10.8 Å². The van der Waals surface area contributed by atoms with Crippen LogP contribution in [0.1, 0.15) is 79.0 Å². The summed E-state index contributed by atoms with van der Waals surface area (Å²) in [6.45, 7) is 13.1. The van der Waals surface area contributed by atoms with E-state index in [4.69, 9.17) is 4.74 Å². The summed E-state index contributed by atoms with van der Waals surface area (Å²) in [5.41, 5.74) is 1.64. The highest BCUT2D eigenvalue weighted by atomic mass is 16.5. The van der Waals surface area contributed by atoms with Crippen molar-refractivity contribution in [1.29, 1.82) is 0 Å². The number of hydrogen-bond donors (Lipinski definition) is 0. The van der Waals surface area contributed by atoms with Crippen LogP contribution in [-0.4, -0.2) is 60.9 Å². The maximum Gasteiger partial charge on any atom is 0.305 e. The molecular formula is C35H46N2O4. The van der Waals surface area contributed by atoms with Gasteiger partial charge in [-0.3, -0.25) is 14.4 Å². The van der Waals surface area contributed by atoms with Crippen LogP contribution in [0.15, 0.2) is 86.0 Å². The molecule has 0 saturated carbocycles. The molecule has 2 aliphatic heterocycles. The molecule has 4 rings (SSSR count). The van der Waals surface area contributed by atoms with Gasteiger partial charge in [0.05, 0.1) is 7.11 Å². The number of amides is 2. The van der Waals surface area contributed by atoms with Gasteiger partial charge in [-0.05, 0) is 80.0 Å². The Bertz CT molecular complexity index is 1170. The average Bonchev–Trinajstić information content (AvgIpc) is 3.00. The van der Waals surface area contributed by atoms with E-state index < -0.39 is 0 Å². The summed E-state index contributed by atoms with van der Waals surface area (Å²) in [4.78, 5) is 40.5. The Morgan fingerprint density at radius 3 is 1.83 bits per heavy atom. The minimum atomic E-state index is -0.194. The van der Waals surface area contributed by atoms with E-state index in [1.54, 1.807) is 0 Å². The third-order valence-electron chi connectivity index (χ3n) is 8.36. The Hall–Kier alpha value is -3.67. The van der Waals surface area contributed by atoms with Gasteiger partial charge in [0, 0.05) is 43.7 Å². The summed E-state index contributed by atoms with van der Waals surface area (Å²) in [7, 11) is 1.41. The Morgan fingerprint density at radius 1 is 0.805 bits per heavy atom. The van der Waals surface area contributed by atoms with Crippen molar-refractivity contribution in [3.05, 3.63) is 97.1 Å². The van der Waals surface area contributed by atoms with Crippen LogP contribution >= 0.6 is 0 Å². The Kier molecular flexibility index (Phi) is 11.9. The zero-order valence-corrected chi connectivity index (χ0v) is 24.9. The van der Waals surface area contributed by atoms with Gasteiger partial charge in [0.1, 0.15) is 0 Å². The first-order chi connectivity index (χ1) is 19.7. The summed E-state index contributed by atoms with van der Waals surface area (Å²) in [6, 6.07) is 18.9. The third-order valence-corrected chi connectivity index (χ3v) is 8.36. The second-order valence-electron chi connectivity index (χ2n) is 11.8. The van der Waals surface area contributed by atoms with Crippen molar-refractivity contribution in [3.8, 4) is 0 Å². The Morgan fingerprint density at radius 2 is 1.32 bits per heavy atom. The lowest BCUT2D eigenvalue weighted by Gasteiger charge is -2.42. The normalized spacial score (nSPS) is 22.1. The zero-order chi connectivity index (χ0) is 29.7. The molecule has 0 bridgehead atoms. The molecule has 0 radical (unpaired) electrons. The first-order valence-electron chi connectivity index (χ1n) is 14.7. The number of methoxy groups -OCH3 is 1. The van der Waals surface area contributed by atoms with Crippen LogP contribution in [0, 0.1) is 10.8 Å². The standard InChI is InChI=1S/C19H25NO3.C16H21NO/c1-3-11-19(13-10-17(21)23-2)12-7-14-20(15-19)18(22)16-8-5-4-6-9-16;1-3-10-16(2)11-7-12-17(13-16)15(18)14-8-5-4-6-9-14/h3-6,8-9H,1,7,10-15H2,2H3;3-6,8-9H,1,7,10-13H2,2H3/t19-;16-/m11/s1. The number of benzene rings is 2. The highest BCUT2D eigenvalue weighted by Crippen LogP contribution is 2.39. The molecule has 2 aromatic rings. The molecule has 0 aliphatic carbocycles. The van der Waals surface area contributed by atoms with E-state index in [-0.39, 0.29) is 28.6 Å². The van der Waals surface area contributed by atoms with Gasteiger partial charge in [-0.1, -0.05) is 55.5 Å². The number of nitrogens with zero attached hydrogens (tertiary/aromatic N) is 2. The molecule has 2 heterocycles. The van der Waals surface area contributed by atoms with E-state index in [0.717, 1.165) is 69.3 Å². The van der Waals surface area contributed by atoms with Gasteiger partial charge >= 0.3 is 5.97 Å². The van der Waals surface area contributed by atoms with Gasteiger partial charge in [0.15, 0.2) is 0 Å². The van der Waals surface area contributed by atoms with Crippen molar-refractivity contribution in [2.45, 2.75) is 58.3 Å². The predicted molar refractivity (Wildman–Crippen MR) is 165 cm³/mol. The number of carbonyl (C=O) groups is 3. The molecule has 2 fully saturated rings. The largest absolute Gasteiger partial charge is 0.469 e. The van der Waals surface area contributed by atoms with Crippen molar-refractivity contribution < 1.29 is 19.1 Å². The minimum Gasteiger partial charge on any atom is -0.469 e. The second kappa shape index (κ2) is 15.4. The number of piperidine rings is 2. The number of carbonyl (C=O) groups excluding carboxylic acids is 3. The van der Waals surface area contributed by atoms with Crippen molar-refractivity contribution in [2.75, 3.05) is 33.3 Å². The average molecular weight is 559 g/mol. The number of esters is 1. The monoisotopic (exact) mass is 558 g/mol. The fourth-order valence-electron chi connectivity index (χ4n) is 6.16. The van der Waals surface area contributed by atoms with Gasteiger partial charge in [-0.15, -0.1) is 13.2 Å². The number of ether oxygens (including phenoxy) is 1. The van der Waals surface area contributed by atoms with Crippen LogP contribution < -0.4 is 0 Å². The molecule has 2 atom stereocenters. The molecule has 6 nitrogen and oxygen atoms in total. The highest BCUT2D eigenvalue weighted by molar-refractivity contribution is 5.94. The fourth-order valence-corrected chi connectivity index (χ4v) is 6.16. The summed E-state index contributed by atoms with van der Waals surface area (Å²) in [6.07, 6.45) is 11.0. The first kappa shape index (κ1) is 31.9. The molecule has 2 aliphatic rings. The van der Waals surface area contributed by atoms with Crippen LogP contribution in [-0.2, 0) is 9.53 Å². The van der Waals surface area contributed by atoms with Crippen LogP contribution in [0.3, 0.4) is 0 Å². The zero-order valence-electron chi connectivity index (χ0n) is 24.9. The maximum atomic E-state index is 12.7. The lowest BCUT2D eigenvalue weighted by atomic mass is 9.73. The lowest BCUT2D eigenvalue weighted by molar-refractivity contribution is -0.141. The topological polar surface area (TPSA) is 66.9 Å². The van der Waals surface area contributed by atoms with Crippen LogP contribution in [0.4, 0.5) is 0 Å². The van der Waals surface area contributed by atoms with E-state index in [1.165, 1.54) is 13.5 Å². The van der Waals surface area contributed by atoms with E-state index in [2.05, 4.69) is 20.1 Å². The van der Waals surface area contributed by atoms with Gasteiger partial charge in [0.2, 0.25) is 0 Å². The quantitative estimate of drug-likeness (QED) is 0.247. The highest BCUT2D eigenvalue weighted by Gasteiger charge is 2.37. The van der Waals surface area contributed by atoms with Crippen molar-refractivity contribution in [1.82, 2.24) is 9.80 Å². The summed E-state index contributed by atoms with van der Waals surface area (Å²) in [5, 5.41) is 0. The maximum absolute atomic E-state index is 12.7.